The van der Waals surface area contributed by atoms with Gasteiger partial charge in [0.1, 0.15) is 0 Å². The Hall–Kier alpha value is -0.920. The SMILES string of the molecule is C[C@@H]1CC(=O)C=C2C(=O)C3[C@H](C3(C)C)[C@]21C. The molecule has 3 aliphatic rings. The lowest BCUT2D eigenvalue weighted by Gasteiger charge is -2.39. The maximum atomic E-state index is 12.3. The molecule has 3 rings (SSSR count). The van der Waals surface area contributed by atoms with Crippen LogP contribution in [0.3, 0.4) is 0 Å². The fraction of sp³-hybridized carbons (Fsp3) is 0.714. The van der Waals surface area contributed by atoms with Crippen molar-refractivity contribution in [3.8, 4) is 0 Å². The molecule has 0 amide bonds. The highest BCUT2D eigenvalue weighted by molar-refractivity contribution is 6.10. The number of hydrogen-bond donors (Lipinski definition) is 0. The van der Waals surface area contributed by atoms with E-state index in [1.165, 1.54) is 0 Å². The highest BCUT2D eigenvalue weighted by atomic mass is 16.1. The fourth-order valence-electron chi connectivity index (χ4n) is 4.38. The highest BCUT2D eigenvalue weighted by Crippen LogP contribution is 2.76. The topological polar surface area (TPSA) is 34.1 Å². The maximum absolute atomic E-state index is 12.3. The minimum atomic E-state index is -0.0425. The third-order valence-corrected chi connectivity index (χ3v) is 5.44. The Morgan fingerprint density at radius 3 is 2.50 bits per heavy atom. The standard InChI is InChI=1S/C14H18O2/c1-7-5-8(15)6-9-11(16)10-12(13(10,2)3)14(7,9)4/h6-7,10,12H,5H2,1-4H3/t7-,10?,12-,14+/m1/s1. The smallest absolute Gasteiger partial charge is 0.163 e. The van der Waals surface area contributed by atoms with Gasteiger partial charge in [0, 0.05) is 23.3 Å². The van der Waals surface area contributed by atoms with Gasteiger partial charge in [0.25, 0.3) is 0 Å². The first-order valence-electron chi connectivity index (χ1n) is 6.10. The molecule has 3 aliphatic carbocycles. The molecule has 86 valence electrons. The van der Waals surface area contributed by atoms with Crippen LogP contribution in [0.4, 0.5) is 0 Å². The second-order valence-corrected chi connectivity index (χ2v) is 6.55. The van der Waals surface area contributed by atoms with E-state index in [1.807, 2.05) is 0 Å². The van der Waals surface area contributed by atoms with E-state index in [1.54, 1.807) is 6.08 Å². The van der Waals surface area contributed by atoms with Gasteiger partial charge < -0.3 is 0 Å². The molecule has 0 aromatic heterocycles. The third kappa shape index (κ3) is 0.861. The molecule has 2 nitrogen and oxygen atoms in total. The van der Waals surface area contributed by atoms with Crippen molar-refractivity contribution in [3.63, 3.8) is 0 Å². The zero-order valence-corrected chi connectivity index (χ0v) is 10.3. The number of carbonyl (C=O) groups excluding carboxylic acids is 2. The number of hydrogen-bond acceptors (Lipinski definition) is 2. The minimum absolute atomic E-state index is 0.0425. The summed E-state index contributed by atoms with van der Waals surface area (Å²) in [5.41, 5.74) is 0.933. The second kappa shape index (κ2) is 2.49. The first kappa shape index (κ1) is 10.2. The molecule has 16 heavy (non-hydrogen) atoms. The quantitative estimate of drug-likeness (QED) is 0.625. The summed E-state index contributed by atoms with van der Waals surface area (Å²) in [6, 6.07) is 0. The number of carbonyl (C=O) groups is 2. The van der Waals surface area contributed by atoms with Crippen LogP contribution in [0.1, 0.15) is 34.1 Å². The van der Waals surface area contributed by atoms with Gasteiger partial charge in [-0.2, -0.15) is 0 Å². The van der Waals surface area contributed by atoms with Crippen molar-refractivity contribution in [1.29, 1.82) is 0 Å². The number of fused-ring (bicyclic) bond motifs is 3. The monoisotopic (exact) mass is 218 g/mol. The van der Waals surface area contributed by atoms with Gasteiger partial charge in [-0.05, 0) is 23.3 Å². The van der Waals surface area contributed by atoms with Crippen molar-refractivity contribution >= 4 is 11.6 Å². The van der Waals surface area contributed by atoms with Gasteiger partial charge in [0.05, 0.1) is 0 Å². The van der Waals surface area contributed by atoms with Crippen LogP contribution in [-0.2, 0) is 9.59 Å². The molecule has 2 heteroatoms. The predicted molar refractivity (Wildman–Crippen MR) is 60.7 cm³/mol. The van der Waals surface area contributed by atoms with Crippen LogP contribution >= 0.6 is 0 Å². The molecule has 0 N–H and O–H groups in total. The first-order chi connectivity index (χ1) is 7.31. The number of rotatable bonds is 0. The molecule has 0 aliphatic heterocycles. The van der Waals surface area contributed by atoms with Crippen molar-refractivity contribution in [2.75, 3.05) is 0 Å². The van der Waals surface area contributed by atoms with Crippen LogP contribution in [0.5, 0.6) is 0 Å². The molecular weight excluding hydrogens is 200 g/mol. The van der Waals surface area contributed by atoms with Gasteiger partial charge in [0.15, 0.2) is 11.6 Å². The zero-order valence-electron chi connectivity index (χ0n) is 10.3. The van der Waals surface area contributed by atoms with Crippen LogP contribution in [0.2, 0.25) is 0 Å². The fourth-order valence-corrected chi connectivity index (χ4v) is 4.38. The van der Waals surface area contributed by atoms with Gasteiger partial charge in [0.2, 0.25) is 0 Å². The van der Waals surface area contributed by atoms with Crippen molar-refractivity contribution in [1.82, 2.24) is 0 Å². The third-order valence-electron chi connectivity index (χ3n) is 5.44. The predicted octanol–water partition coefficient (Wildman–Crippen LogP) is 2.38. The number of Topliss-reactive ketones (excluding diaryl/α,β-unsaturated/α-hetero) is 1. The minimum Gasteiger partial charge on any atom is -0.295 e. The summed E-state index contributed by atoms with van der Waals surface area (Å²) in [5.74, 6) is 1.32. The average Bonchev–Trinajstić information content (AvgIpc) is 2.64. The number of ketones is 2. The van der Waals surface area contributed by atoms with Crippen LogP contribution < -0.4 is 0 Å². The summed E-state index contributed by atoms with van der Waals surface area (Å²) < 4.78 is 0. The Morgan fingerprint density at radius 2 is 1.88 bits per heavy atom. The summed E-state index contributed by atoms with van der Waals surface area (Å²) >= 11 is 0. The van der Waals surface area contributed by atoms with Gasteiger partial charge >= 0.3 is 0 Å². The molecular formula is C14H18O2. The number of allylic oxidation sites excluding steroid dienone is 2. The van der Waals surface area contributed by atoms with E-state index in [-0.39, 0.29) is 28.3 Å². The summed E-state index contributed by atoms with van der Waals surface area (Å²) in [6.07, 6.45) is 2.23. The molecule has 2 fully saturated rings. The van der Waals surface area contributed by atoms with E-state index >= 15 is 0 Å². The van der Waals surface area contributed by atoms with Crippen LogP contribution in [0.25, 0.3) is 0 Å². The lowest BCUT2D eigenvalue weighted by Crippen LogP contribution is -2.37. The van der Waals surface area contributed by atoms with Crippen LogP contribution in [-0.4, -0.2) is 11.6 Å². The Kier molecular flexibility index (Phi) is 1.60. The Balaban J connectivity index is 2.16. The van der Waals surface area contributed by atoms with Gasteiger partial charge in [-0.3, -0.25) is 9.59 Å². The summed E-state index contributed by atoms with van der Waals surface area (Å²) in [7, 11) is 0. The van der Waals surface area contributed by atoms with Crippen molar-refractivity contribution in [3.05, 3.63) is 11.6 Å². The average molecular weight is 218 g/mol. The van der Waals surface area contributed by atoms with Gasteiger partial charge in [-0.25, -0.2) is 0 Å². The van der Waals surface area contributed by atoms with E-state index in [9.17, 15) is 9.59 Å². The maximum Gasteiger partial charge on any atom is 0.163 e. The van der Waals surface area contributed by atoms with E-state index in [0.717, 1.165) is 5.57 Å². The summed E-state index contributed by atoms with van der Waals surface area (Å²) in [4.78, 5) is 23.8. The molecule has 1 unspecified atom stereocenters. The van der Waals surface area contributed by atoms with Crippen LogP contribution in [0.15, 0.2) is 11.6 Å². The molecule has 2 saturated carbocycles. The molecule has 0 heterocycles. The van der Waals surface area contributed by atoms with E-state index in [4.69, 9.17) is 0 Å². The normalized spacial score (nSPS) is 48.5. The van der Waals surface area contributed by atoms with Crippen molar-refractivity contribution in [2.24, 2.45) is 28.6 Å². The Labute approximate surface area is 96.1 Å². The van der Waals surface area contributed by atoms with Crippen LogP contribution in [0, 0.1) is 28.6 Å². The Bertz CT molecular complexity index is 444. The second-order valence-electron chi connectivity index (χ2n) is 6.55. The lowest BCUT2D eigenvalue weighted by atomic mass is 9.63. The first-order valence-corrected chi connectivity index (χ1v) is 6.10. The molecule has 0 spiro atoms. The molecule has 4 atom stereocenters. The van der Waals surface area contributed by atoms with Gasteiger partial charge in [-0.15, -0.1) is 0 Å². The molecule has 0 radical (unpaired) electrons. The lowest BCUT2D eigenvalue weighted by molar-refractivity contribution is -0.120. The van der Waals surface area contributed by atoms with Crippen molar-refractivity contribution < 1.29 is 9.59 Å². The summed E-state index contributed by atoms with van der Waals surface area (Å²) in [6.45, 7) is 8.68. The van der Waals surface area contributed by atoms with Gasteiger partial charge in [-0.1, -0.05) is 27.7 Å². The van der Waals surface area contributed by atoms with E-state index in [0.29, 0.717) is 18.3 Å². The Morgan fingerprint density at radius 1 is 1.25 bits per heavy atom. The largest absolute Gasteiger partial charge is 0.295 e. The van der Waals surface area contributed by atoms with E-state index in [2.05, 4.69) is 27.7 Å². The molecule has 0 aromatic carbocycles. The molecule has 0 aromatic rings. The molecule has 0 bridgehead atoms. The summed E-state index contributed by atoms with van der Waals surface area (Å²) in [5, 5.41) is 0. The zero-order chi connectivity index (χ0) is 11.9. The molecule has 0 saturated heterocycles. The van der Waals surface area contributed by atoms with E-state index < -0.39 is 0 Å². The highest BCUT2D eigenvalue weighted by Gasteiger charge is 2.76. The van der Waals surface area contributed by atoms with Crippen molar-refractivity contribution in [2.45, 2.75) is 34.1 Å².